The smallest absolute Gasteiger partial charge is 0.262 e. The van der Waals surface area contributed by atoms with Crippen molar-refractivity contribution in [2.45, 2.75) is 29.9 Å². The highest BCUT2D eigenvalue weighted by molar-refractivity contribution is 7.99. The third-order valence-electron chi connectivity index (χ3n) is 5.57. The van der Waals surface area contributed by atoms with Gasteiger partial charge in [0.25, 0.3) is 5.56 Å². The van der Waals surface area contributed by atoms with Crippen molar-refractivity contribution in [1.82, 2.24) is 18.8 Å². The van der Waals surface area contributed by atoms with Crippen molar-refractivity contribution in [2.75, 3.05) is 31.9 Å². The zero-order valence-corrected chi connectivity index (χ0v) is 20.0. The number of rotatable bonds is 7. The van der Waals surface area contributed by atoms with Gasteiger partial charge in [0.05, 0.1) is 21.6 Å². The van der Waals surface area contributed by atoms with Gasteiger partial charge in [0.2, 0.25) is 15.9 Å². The minimum Gasteiger partial charge on any atom is -0.339 e. The maximum absolute atomic E-state index is 12.9. The molecule has 0 spiro atoms. The Balaban J connectivity index is 1.42. The Bertz CT molecular complexity index is 1300. The molecule has 0 atom stereocenters. The molecule has 8 nitrogen and oxygen atoms in total. The second kappa shape index (κ2) is 10.1. The molecule has 1 fully saturated rings. The zero-order valence-electron chi connectivity index (χ0n) is 18.4. The van der Waals surface area contributed by atoms with Gasteiger partial charge < -0.3 is 4.90 Å². The number of hydrogen-bond donors (Lipinski definition) is 0. The van der Waals surface area contributed by atoms with Gasteiger partial charge in [0.15, 0.2) is 5.16 Å². The van der Waals surface area contributed by atoms with Crippen LogP contribution in [0.1, 0.15) is 13.3 Å². The van der Waals surface area contributed by atoms with E-state index in [0.29, 0.717) is 35.7 Å². The number of para-hydroxylation sites is 1. The summed E-state index contributed by atoms with van der Waals surface area (Å²) < 4.78 is 28.6. The molecule has 10 heteroatoms. The minimum atomic E-state index is -3.56. The molecule has 0 radical (unpaired) electrons. The summed E-state index contributed by atoms with van der Waals surface area (Å²) in [5, 5.41) is 1.09. The number of benzene rings is 2. The summed E-state index contributed by atoms with van der Waals surface area (Å²) in [5.41, 5.74) is 0.515. The Morgan fingerprint density at radius 2 is 1.67 bits per heavy atom. The molecule has 0 bridgehead atoms. The van der Waals surface area contributed by atoms with E-state index in [1.165, 1.54) is 16.1 Å². The molecule has 174 valence electrons. The average Bonchev–Trinajstić information content (AvgIpc) is 2.85. The number of thioether (sulfide) groups is 1. The Morgan fingerprint density at radius 3 is 2.36 bits per heavy atom. The Kier molecular flexibility index (Phi) is 7.16. The second-order valence-electron chi connectivity index (χ2n) is 7.75. The van der Waals surface area contributed by atoms with Gasteiger partial charge in [-0.25, -0.2) is 13.4 Å². The largest absolute Gasteiger partial charge is 0.339 e. The standard InChI is InChI=1S/C23H26N4O4S2/c1-2-12-27-22(29)19-10-6-7-11-20(19)24-23(27)32-17-21(28)25-13-15-26(16-14-25)33(30,31)18-8-4-3-5-9-18/h3-11H,2,12-17H2,1H3. The second-order valence-corrected chi connectivity index (χ2v) is 10.6. The van der Waals surface area contributed by atoms with E-state index in [4.69, 9.17) is 0 Å². The van der Waals surface area contributed by atoms with Gasteiger partial charge in [-0.2, -0.15) is 4.31 Å². The van der Waals surface area contributed by atoms with Crippen LogP contribution in [0.25, 0.3) is 10.9 Å². The topological polar surface area (TPSA) is 92.6 Å². The molecule has 2 heterocycles. The molecule has 1 saturated heterocycles. The van der Waals surface area contributed by atoms with Gasteiger partial charge in [0, 0.05) is 32.7 Å². The predicted octanol–water partition coefficient (Wildman–Crippen LogP) is 2.43. The fourth-order valence-electron chi connectivity index (χ4n) is 3.82. The van der Waals surface area contributed by atoms with Crippen molar-refractivity contribution < 1.29 is 13.2 Å². The third kappa shape index (κ3) is 4.97. The van der Waals surface area contributed by atoms with Crippen molar-refractivity contribution in [3.63, 3.8) is 0 Å². The third-order valence-corrected chi connectivity index (χ3v) is 8.44. The summed E-state index contributed by atoms with van der Waals surface area (Å²) in [6, 6.07) is 15.5. The van der Waals surface area contributed by atoms with Crippen LogP contribution in [-0.2, 0) is 21.4 Å². The Labute approximate surface area is 197 Å². The molecular formula is C23H26N4O4S2. The normalized spacial score (nSPS) is 15.1. The summed E-state index contributed by atoms with van der Waals surface area (Å²) in [7, 11) is -3.56. The molecule has 0 saturated carbocycles. The number of nitrogens with zero attached hydrogens (tertiary/aromatic N) is 4. The Morgan fingerprint density at radius 1 is 1.00 bits per heavy atom. The first kappa shape index (κ1) is 23.5. The van der Waals surface area contributed by atoms with Crippen LogP contribution in [-0.4, -0.2) is 65.0 Å². The van der Waals surface area contributed by atoms with Gasteiger partial charge >= 0.3 is 0 Å². The van der Waals surface area contributed by atoms with Crippen LogP contribution in [0.15, 0.2) is 69.4 Å². The first-order valence-corrected chi connectivity index (χ1v) is 13.3. The van der Waals surface area contributed by atoms with Gasteiger partial charge in [-0.1, -0.05) is 49.0 Å². The van der Waals surface area contributed by atoms with E-state index >= 15 is 0 Å². The molecule has 1 aliphatic rings. The lowest BCUT2D eigenvalue weighted by molar-refractivity contribution is -0.129. The van der Waals surface area contributed by atoms with Crippen LogP contribution in [0.5, 0.6) is 0 Å². The fourth-order valence-corrected chi connectivity index (χ4v) is 6.19. The summed E-state index contributed by atoms with van der Waals surface area (Å²) in [4.78, 5) is 32.3. The molecule has 1 amide bonds. The summed E-state index contributed by atoms with van der Waals surface area (Å²) in [5.74, 6) is 0.0436. The van der Waals surface area contributed by atoms with Crippen LogP contribution in [0, 0.1) is 0 Å². The van der Waals surface area contributed by atoms with Gasteiger partial charge in [-0.15, -0.1) is 0 Å². The van der Waals surface area contributed by atoms with E-state index in [0.717, 1.165) is 6.42 Å². The number of piperazine rings is 1. The molecule has 1 aliphatic heterocycles. The van der Waals surface area contributed by atoms with Crippen LogP contribution in [0.2, 0.25) is 0 Å². The maximum Gasteiger partial charge on any atom is 0.262 e. The minimum absolute atomic E-state index is 0.0952. The number of fused-ring (bicyclic) bond motifs is 1. The van der Waals surface area contributed by atoms with Crippen molar-refractivity contribution in [2.24, 2.45) is 0 Å². The molecular weight excluding hydrogens is 460 g/mol. The van der Waals surface area contributed by atoms with E-state index in [1.807, 2.05) is 19.1 Å². The summed E-state index contributed by atoms with van der Waals surface area (Å²) >= 11 is 1.25. The number of carbonyl (C=O) groups excluding carboxylic acids is 1. The number of hydrogen-bond acceptors (Lipinski definition) is 6. The predicted molar refractivity (Wildman–Crippen MR) is 129 cm³/mol. The van der Waals surface area contributed by atoms with Gasteiger partial charge in [-0.05, 0) is 30.7 Å². The number of sulfonamides is 1. The first-order valence-electron chi connectivity index (χ1n) is 10.9. The number of amides is 1. The molecule has 33 heavy (non-hydrogen) atoms. The maximum atomic E-state index is 12.9. The van der Waals surface area contributed by atoms with Gasteiger partial charge in [-0.3, -0.25) is 14.2 Å². The van der Waals surface area contributed by atoms with Crippen LogP contribution in [0.3, 0.4) is 0 Å². The monoisotopic (exact) mass is 486 g/mol. The highest BCUT2D eigenvalue weighted by Crippen LogP contribution is 2.21. The Hall–Kier alpha value is -2.69. The molecule has 1 aromatic heterocycles. The van der Waals surface area contributed by atoms with Crippen LogP contribution < -0.4 is 5.56 Å². The SMILES string of the molecule is CCCn1c(SCC(=O)N2CCN(S(=O)(=O)c3ccccc3)CC2)nc2ccccc2c1=O. The molecule has 4 rings (SSSR count). The van der Waals surface area contributed by atoms with Crippen LogP contribution >= 0.6 is 11.8 Å². The van der Waals surface area contributed by atoms with Crippen molar-refractivity contribution in [3.8, 4) is 0 Å². The van der Waals surface area contributed by atoms with Crippen molar-refractivity contribution in [3.05, 3.63) is 65.0 Å². The van der Waals surface area contributed by atoms with E-state index < -0.39 is 10.0 Å². The highest BCUT2D eigenvalue weighted by Gasteiger charge is 2.30. The zero-order chi connectivity index (χ0) is 23.4. The molecule has 0 unspecified atom stereocenters. The summed E-state index contributed by atoms with van der Waals surface area (Å²) in [6.07, 6.45) is 0.777. The van der Waals surface area contributed by atoms with Crippen molar-refractivity contribution >= 4 is 38.6 Å². The quantitative estimate of drug-likeness (QED) is 0.376. The number of aromatic nitrogens is 2. The first-order chi connectivity index (χ1) is 15.9. The lowest BCUT2D eigenvalue weighted by Crippen LogP contribution is -2.51. The van der Waals surface area contributed by atoms with Crippen molar-refractivity contribution in [1.29, 1.82) is 0 Å². The van der Waals surface area contributed by atoms with Crippen LogP contribution in [0.4, 0.5) is 0 Å². The number of carbonyl (C=O) groups is 1. The lowest BCUT2D eigenvalue weighted by atomic mass is 10.2. The van der Waals surface area contributed by atoms with E-state index in [9.17, 15) is 18.0 Å². The summed E-state index contributed by atoms with van der Waals surface area (Å²) in [6.45, 7) is 3.69. The molecule has 3 aromatic rings. The van der Waals surface area contributed by atoms with Gasteiger partial charge in [0.1, 0.15) is 0 Å². The average molecular weight is 487 g/mol. The van der Waals surface area contributed by atoms with E-state index in [1.54, 1.807) is 51.9 Å². The lowest BCUT2D eigenvalue weighted by Gasteiger charge is -2.34. The fraction of sp³-hybridized carbons (Fsp3) is 0.348. The molecule has 2 aromatic carbocycles. The van der Waals surface area contributed by atoms with E-state index in [-0.39, 0.29) is 35.2 Å². The molecule has 0 N–H and O–H groups in total. The highest BCUT2D eigenvalue weighted by atomic mass is 32.2. The molecule has 0 aliphatic carbocycles. The van der Waals surface area contributed by atoms with E-state index in [2.05, 4.69) is 4.98 Å².